The third-order valence-electron chi connectivity index (χ3n) is 3.71. The van der Waals surface area contributed by atoms with Crippen LogP contribution in [0.3, 0.4) is 0 Å². The second-order valence-electron chi connectivity index (χ2n) is 6.02. The number of esters is 1. The number of benzene rings is 1. The molecular weight excluding hydrogens is 370 g/mol. The molecule has 2 rings (SSSR count). The molecule has 1 aliphatic rings. The summed E-state index contributed by atoms with van der Waals surface area (Å²) in [5, 5.41) is -0.513. The van der Waals surface area contributed by atoms with Gasteiger partial charge in [-0.05, 0) is 51.6 Å². The van der Waals surface area contributed by atoms with Crippen molar-refractivity contribution in [2.45, 2.75) is 39.8 Å². The van der Waals surface area contributed by atoms with Crippen molar-refractivity contribution in [3.8, 4) is 11.5 Å². The monoisotopic (exact) mass is 393 g/mol. The molecule has 0 unspecified atom stereocenters. The fraction of sp³-hybridized carbons (Fsp3) is 0.421. The molecule has 8 heteroatoms. The Kier molecular flexibility index (Phi) is 6.90. The number of para-hydroxylation sites is 1. The zero-order chi connectivity index (χ0) is 20.1. The van der Waals surface area contributed by atoms with E-state index in [2.05, 4.69) is 0 Å². The quantitative estimate of drug-likeness (QED) is 0.518. The summed E-state index contributed by atoms with van der Waals surface area (Å²) in [5.41, 5.74) is 0.609. The SMILES string of the molecule is CCOC(=O)[C@H](C)N1C(=O)S/C(=C/c2cccc(OC)c2OC(C)C)C1=O. The topological polar surface area (TPSA) is 82.1 Å². The van der Waals surface area contributed by atoms with Crippen LogP contribution >= 0.6 is 11.8 Å². The number of imide groups is 1. The largest absolute Gasteiger partial charge is 0.493 e. The van der Waals surface area contributed by atoms with Gasteiger partial charge < -0.3 is 14.2 Å². The van der Waals surface area contributed by atoms with Crippen molar-refractivity contribution in [3.05, 3.63) is 28.7 Å². The van der Waals surface area contributed by atoms with E-state index in [4.69, 9.17) is 14.2 Å². The highest BCUT2D eigenvalue weighted by molar-refractivity contribution is 8.18. The van der Waals surface area contributed by atoms with Gasteiger partial charge in [0.2, 0.25) is 0 Å². The third kappa shape index (κ3) is 4.63. The molecular formula is C19H23NO6S. The lowest BCUT2D eigenvalue weighted by Gasteiger charge is -2.19. The van der Waals surface area contributed by atoms with Gasteiger partial charge in [-0.25, -0.2) is 4.79 Å². The summed E-state index contributed by atoms with van der Waals surface area (Å²) in [5.74, 6) is -0.146. The smallest absolute Gasteiger partial charge is 0.329 e. The van der Waals surface area contributed by atoms with Crippen LogP contribution in [0.25, 0.3) is 6.08 Å². The Morgan fingerprint density at radius 2 is 1.96 bits per heavy atom. The molecule has 0 aromatic heterocycles. The van der Waals surface area contributed by atoms with E-state index in [0.29, 0.717) is 17.1 Å². The summed E-state index contributed by atoms with van der Waals surface area (Å²) in [6.45, 7) is 7.07. The Morgan fingerprint density at radius 1 is 1.26 bits per heavy atom. The highest BCUT2D eigenvalue weighted by Crippen LogP contribution is 2.38. The molecule has 146 valence electrons. The molecule has 1 aromatic rings. The van der Waals surface area contributed by atoms with Gasteiger partial charge in [-0.3, -0.25) is 14.5 Å². The molecule has 1 aromatic carbocycles. The number of thioether (sulfide) groups is 1. The van der Waals surface area contributed by atoms with Gasteiger partial charge in [0.05, 0.1) is 24.7 Å². The number of ether oxygens (including phenoxy) is 3. The van der Waals surface area contributed by atoms with Gasteiger partial charge in [0.1, 0.15) is 6.04 Å². The van der Waals surface area contributed by atoms with Crippen LogP contribution in [0.5, 0.6) is 11.5 Å². The minimum Gasteiger partial charge on any atom is -0.493 e. The second kappa shape index (κ2) is 8.94. The minimum absolute atomic E-state index is 0.104. The number of hydrogen-bond acceptors (Lipinski definition) is 7. The standard InChI is InChI=1S/C19H23NO6S/c1-6-25-18(22)12(4)20-17(21)15(27-19(20)23)10-13-8-7-9-14(24-5)16(13)26-11(2)3/h7-12H,6H2,1-5H3/b15-10+/t12-/m0/s1. The zero-order valence-electron chi connectivity index (χ0n) is 16.0. The summed E-state index contributed by atoms with van der Waals surface area (Å²) >= 11 is 0.776. The van der Waals surface area contributed by atoms with Gasteiger partial charge in [-0.1, -0.05) is 12.1 Å². The first-order chi connectivity index (χ1) is 12.8. The van der Waals surface area contributed by atoms with Crippen LogP contribution in [-0.4, -0.2) is 47.9 Å². The first-order valence-electron chi connectivity index (χ1n) is 8.57. The zero-order valence-corrected chi connectivity index (χ0v) is 16.8. The molecule has 1 aliphatic heterocycles. The minimum atomic E-state index is -0.986. The molecule has 0 aliphatic carbocycles. The molecule has 0 spiro atoms. The van der Waals surface area contributed by atoms with Crippen LogP contribution in [0, 0.1) is 0 Å². The van der Waals surface area contributed by atoms with E-state index in [1.807, 2.05) is 13.8 Å². The van der Waals surface area contributed by atoms with Gasteiger partial charge in [-0.2, -0.15) is 0 Å². The van der Waals surface area contributed by atoms with E-state index >= 15 is 0 Å². The van der Waals surface area contributed by atoms with Crippen molar-refractivity contribution in [2.75, 3.05) is 13.7 Å². The Bertz CT molecular complexity index is 773. The number of amides is 2. The number of nitrogens with zero attached hydrogens (tertiary/aromatic N) is 1. The maximum Gasteiger partial charge on any atom is 0.329 e. The van der Waals surface area contributed by atoms with Gasteiger partial charge in [0.15, 0.2) is 11.5 Å². The van der Waals surface area contributed by atoms with E-state index in [0.717, 1.165) is 16.7 Å². The lowest BCUT2D eigenvalue weighted by Crippen LogP contribution is -2.42. The van der Waals surface area contributed by atoms with Gasteiger partial charge in [0, 0.05) is 5.56 Å². The number of rotatable bonds is 7. The first kappa shape index (κ1) is 20.8. The predicted octanol–water partition coefficient (Wildman–Crippen LogP) is 3.47. The van der Waals surface area contributed by atoms with E-state index in [-0.39, 0.29) is 17.6 Å². The van der Waals surface area contributed by atoms with Crippen molar-refractivity contribution in [1.82, 2.24) is 4.90 Å². The Balaban J connectivity index is 2.37. The highest BCUT2D eigenvalue weighted by Gasteiger charge is 2.41. The lowest BCUT2D eigenvalue weighted by atomic mass is 10.1. The number of hydrogen-bond donors (Lipinski definition) is 0. The Morgan fingerprint density at radius 3 is 2.56 bits per heavy atom. The molecule has 0 saturated carbocycles. The van der Waals surface area contributed by atoms with Crippen molar-refractivity contribution in [3.63, 3.8) is 0 Å². The van der Waals surface area contributed by atoms with E-state index < -0.39 is 23.2 Å². The second-order valence-corrected chi connectivity index (χ2v) is 7.02. The molecule has 7 nitrogen and oxygen atoms in total. The first-order valence-corrected chi connectivity index (χ1v) is 9.39. The van der Waals surface area contributed by atoms with Crippen LogP contribution in [0.4, 0.5) is 4.79 Å². The van der Waals surface area contributed by atoms with Crippen molar-refractivity contribution >= 4 is 35.0 Å². The molecule has 1 fully saturated rings. The Hall–Kier alpha value is -2.48. The summed E-state index contributed by atoms with van der Waals surface area (Å²) in [6, 6.07) is 4.30. The fourth-order valence-corrected chi connectivity index (χ4v) is 3.39. The van der Waals surface area contributed by atoms with E-state index in [9.17, 15) is 14.4 Å². The van der Waals surface area contributed by atoms with Gasteiger partial charge >= 0.3 is 5.97 Å². The van der Waals surface area contributed by atoms with Crippen LogP contribution < -0.4 is 9.47 Å². The maximum atomic E-state index is 12.7. The van der Waals surface area contributed by atoms with Crippen molar-refractivity contribution < 1.29 is 28.6 Å². The average molecular weight is 393 g/mol. The maximum absolute atomic E-state index is 12.7. The third-order valence-corrected chi connectivity index (χ3v) is 4.59. The number of methoxy groups -OCH3 is 1. The summed E-state index contributed by atoms with van der Waals surface area (Å²) in [4.78, 5) is 38.0. The number of carbonyl (C=O) groups is 3. The predicted molar refractivity (Wildman–Crippen MR) is 103 cm³/mol. The van der Waals surface area contributed by atoms with Crippen molar-refractivity contribution in [2.24, 2.45) is 0 Å². The Labute approximate surface area is 162 Å². The summed E-state index contributed by atoms with van der Waals surface area (Å²) < 4.78 is 16.1. The molecule has 1 saturated heterocycles. The molecule has 1 heterocycles. The van der Waals surface area contributed by atoms with Crippen LogP contribution in [-0.2, 0) is 14.3 Å². The summed E-state index contributed by atoms with van der Waals surface area (Å²) in [6.07, 6.45) is 1.47. The molecule has 2 amide bonds. The summed E-state index contributed by atoms with van der Waals surface area (Å²) in [7, 11) is 1.53. The van der Waals surface area contributed by atoms with Gasteiger partial charge in [-0.15, -0.1) is 0 Å². The molecule has 0 radical (unpaired) electrons. The normalized spacial score (nSPS) is 16.8. The van der Waals surface area contributed by atoms with Crippen LogP contribution in [0.15, 0.2) is 23.1 Å². The van der Waals surface area contributed by atoms with Crippen LogP contribution in [0.2, 0.25) is 0 Å². The van der Waals surface area contributed by atoms with E-state index in [1.165, 1.54) is 14.0 Å². The van der Waals surface area contributed by atoms with Crippen molar-refractivity contribution in [1.29, 1.82) is 0 Å². The number of carbonyl (C=O) groups excluding carboxylic acids is 3. The van der Waals surface area contributed by atoms with E-state index in [1.54, 1.807) is 31.2 Å². The highest BCUT2D eigenvalue weighted by atomic mass is 32.2. The molecule has 27 heavy (non-hydrogen) atoms. The van der Waals surface area contributed by atoms with Crippen LogP contribution in [0.1, 0.15) is 33.3 Å². The molecule has 1 atom stereocenters. The molecule has 0 bridgehead atoms. The fourth-order valence-electron chi connectivity index (χ4n) is 2.49. The lowest BCUT2D eigenvalue weighted by molar-refractivity contribution is -0.150. The molecule has 0 N–H and O–H groups in total. The van der Waals surface area contributed by atoms with Gasteiger partial charge in [0.25, 0.3) is 11.1 Å². The average Bonchev–Trinajstić information content (AvgIpc) is 2.89.